The molecular formula is C18H22Cl2N2OS. The Bertz CT molecular complexity index is 625. The third kappa shape index (κ3) is 5.21. The fourth-order valence-corrected chi connectivity index (χ4v) is 3.79. The zero-order valence-electron chi connectivity index (χ0n) is 13.3. The minimum Gasteiger partial charge on any atom is -0.345 e. The molecule has 1 aromatic carbocycles. The molecule has 0 aliphatic carbocycles. The van der Waals surface area contributed by atoms with E-state index in [4.69, 9.17) is 11.6 Å². The SMILES string of the molecule is Cl.O=C(CCC1CCNC1)NC(c1ccc(Cl)cc1)c1ccsc1. The summed E-state index contributed by atoms with van der Waals surface area (Å²) in [5.41, 5.74) is 2.18. The number of carbonyl (C=O) groups is 1. The number of carbonyl (C=O) groups excluding carboxylic acids is 1. The Morgan fingerprint density at radius 2 is 2.08 bits per heavy atom. The lowest BCUT2D eigenvalue weighted by molar-refractivity contribution is -0.121. The number of benzene rings is 1. The van der Waals surface area contributed by atoms with Gasteiger partial charge in [0, 0.05) is 11.4 Å². The molecular weight excluding hydrogens is 363 g/mol. The summed E-state index contributed by atoms with van der Waals surface area (Å²) in [6.07, 6.45) is 2.72. The molecule has 0 radical (unpaired) electrons. The van der Waals surface area contributed by atoms with Crippen LogP contribution >= 0.6 is 35.3 Å². The van der Waals surface area contributed by atoms with Crippen LogP contribution in [0.2, 0.25) is 5.02 Å². The lowest BCUT2D eigenvalue weighted by Gasteiger charge is -2.19. The van der Waals surface area contributed by atoms with Gasteiger partial charge < -0.3 is 10.6 Å². The van der Waals surface area contributed by atoms with Crippen molar-refractivity contribution in [3.63, 3.8) is 0 Å². The van der Waals surface area contributed by atoms with E-state index >= 15 is 0 Å². The largest absolute Gasteiger partial charge is 0.345 e. The van der Waals surface area contributed by atoms with Gasteiger partial charge in [-0.2, -0.15) is 11.3 Å². The summed E-state index contributed by atoms with van der Waals surface area (Å²) in [5.74, 6) is 0.749. The van der Waals surface area contributed by atoms with Gasteiger partial charge in [-0.3, -0.25) is 4.79 Å². The number of amides is 1. The maximum atomic E-state index is 12.4. The molecule has 2 unspecified atom stereocenters. The molecule has 0 bridgehead atoms. The average Bonchev–Trinajstić information content (AvgIpc) is 3.25. The van der Waals surface area contributed by atoms with E-state index in [1.54, 1.807) is 11.3 Å². The van der Waals surface area contributed by atoms with Crippen LogP contribution in [-0.4, -0.2) is 19.0 Å². The average molecular weight is 385 g/mol. The molecule has 0 saturated carbocycles. The van der Waals surface area contributed by atoms with Gasteiger partial charge in [0.05, 0.1) is 6.04 Å². The fraction of sp³-hybridized carbons (Fsp3) is 0.389. The van der Waals surface area contributed by atoms with E-state index in [2.05, 4.69) is 22.1 Å². The number of halogens is 2. The van der Waals surface area contributed by atoms with Crippen molar-refractivity contribution >= 4 is 41.3 Å². The molecule has 3 rings (SSSR count). The fourth-order valence-electron chi connectivity index (χ4n) is 2.98. The highest BCUT2D eigenvalue weighted by atomic mass is 35.5. The van der Waals surface area contributed by atoms with E-state index in [9.17, 15) is 4.79 Å². The quantitative estimate of drug-likeness (QED) is 0.773. The van der Waals surface area contributed by atoms with Gasteiger partial charge in [0.15, 0.2) is 0 Å². The normalized spacial score (nSPS) is 18.0. The second-order valence-corrected chi connectivity index (χ2v) is 7.22. The summed E-state index contributed by atoms with van der Waals surface area (Å²) in [4.78, 5) is 12.4. The van der Waals surface area contributed by atoms with Gasteiger partial charge in [-0.25, -0.2) is 0 Å². The van der Waals surface area contributed by atoms with Crippen LogP contribution in [0.1, 0.15) is 36.4 Å². The summed E-state index contributed by atoms with van der Waals surface area (Å²) in [5, 5.41) is 11.4. The zero-order valence-corrected chi connectivity index (χ0v) is 15.7. The van der Waals surface area contributed by atoms with Crippen molar-refractivity contribution in [2.45, 2.75) is 25.3 Å². The van der Waals surface area contributed by atoms with Crippen LogP contribution in [0.4, 0.5) is 0 Å². The van der Waals surface area contributed by atoms with E-state index in [0.717, 1.165) is 30.6 Å². The van der Waals surface area contributed by atoms with Gasteiger partial charge in [0.25, 0.3) is 0 Å². The highest BCUT2D eigenvalue weighted by molar-refractivity contribution is 7.08. The first kappa shape index (κ1) is 19.3. The third-order valence-corrected chi connectivity index (χ3v) is 5.28. The topological polar surface area (TPSA) is 41.1 Å². The summed E-state index contributed by atoms with van der Waals surface area (Å²) in [6.45, 7) is 2.12. The van der Waals surface area contributed by atoms with Crippen LogP contribution in [0.25, 0.3) is 0 Å². The molecule has 1 amide bonds. The van der Waals surface area contributed by atoms with Crippen LogP contribution < -0.4 is 10.6 Å². The molecule has 6 heteroatoms. The van der Waals surface area contributed by atoms with Gasteiger partial charge in [0.2, 0.25) is 5.91 Å². The highest BCUT2D eigenvalue weighted by Gasteiger charge is 2.19. The van der Waals surface area contributed by atoms with Crippen LogP contribution in [0.3, 0.4) is 0 Å². The Morgan fingerprint density at radius 3 is 2.71 bits per heavy atom. The lowest BCUT2D eigenvalue weighted by Crippen LogP contribution is -2.29. The van der Waals surface area contributed by atoms with Crippen molar-refractivity contribution in [3.8, 4) is 0 Å². The molecule has 1 fully saturated rings. The highest BCUT2D eigenvalue weighted by Crippen LogP contribution is 2.26. The monoisotopic (exact) mass is 384 g/mol. The minimum atomic E-state index is -0.104. The number of thiophene rings is 1. The van der Waals surface area contributed by atoms with Gasteiger partial charge in [-0.15, -0.1) is 12.4 Å². The van der Waals surface area contributed by atoms with E-state index in [-0.39, 0.29) is 24.4 Å². The maximum Gasteiger partial charge on any atom is 0.220 e. The van der Waals surface area contributed by atoms with Crippen LogP contribution in [0, 0.1) is 5.92 Å². The molecule has 1 aliphatic heterocycles. The van der Waals surface area contributed by atoms with Gasteiger partial charge >= 0.3 is 0 Å². The number of nitrogens with one attached hydrogen (secondary N) is 2. The van der Waals surface area contributed by atoms with Crippen molar-refractivity contribution in [1.29, 1.82) is 0 Å². The van der Waals surface area contributed by atoms with Gasteiger partial charge in [-0.1, -0.05) is 23.7 Å². The smallest absolute Gasteiger partial charge is 0.220 e. The standard InChI is InChI=1S/C18H21ClN2OS.ClH/c19-16-4-2-14(3-5-16)18(15-8-10-23-12-15)21-17(22)6-1-13-7-9-20-11-13;/h2-5,8,10,12-13,18,20H,1,6-7,9,11H2,(H,21,22);1H. The summed E-state index contributed by atoms with van der Waals surface area (Å²) in [7, 11) is 0. The first-order valence-corrected chi connectivity index (χ1v) is 9.32. The molecule has 1 aliphatic rings. The Labute approximate surface area is 158 Å². The van der Waals surface area contributed by atoms with E-state index in [0.29, 0.717) is 17.4 Å². The van der Waals surface area contributed by atoms with E-state index in [1.165, 1.54) is 6.42 Å². The predicted molar refractivity (Wildman–Crippen MR) is 103 cm³/mol. The molecule has 2 aromatic rings. The minimum absolute atomic E-state index is 0. The van der Waals surface area contributed by atoms with E-state index < -0.39 is 0 Å². The van der Waals surface area contributed by atoms with Crippen LogP contribution in [0.5, 0.6) is 0 Å². The van der Waals surface area contributed by atoms with Crippen molar-refractivity contribution in [2.75, 3.05) is 13.1 Å². The van der Waals surface area contributed by atoms with Crippen molar-refractivity contribution < 1.29 is 4.79 Å². The van der Waals surface area contributed by atoms with Crippen molar-refractivity contribution in [3.05, 3.63) is 57.2 Å². The van der Waals surface area contributed by atoms with Crippen molar-refractivity contribution in [2.24, 2.45) is 5.92 Å². The Hall–Kier alpha value is -1.07. The molecule has 3 nitrogen and oxygen atoms in total. The Balaban J connectivity index is 0.00000208. The number of rotatable bonds is 6. The first-order chi connectivity index (χ1) is 11.2. The number of hydrogen-bond acceptors (Lipinski definition) is 3. The third-order valence-electron chi connectivity index (χ3n) is 4.33. The predicted octanol–water partition coefficient (Wildman–Crippen LogP) is 4.42. The van der Waals surface area contributed by atoms with Crippen LogP contribution in [-0.2, 0) is 4.79 Å². The molecule has 2 N–H and O–H groups in total. The maximum absolute atomic E-state index is 12.4. The van der Waals surface area contributed by atoms with Crippen LogP contribution in [0.15, 0.2) is 41.1 Å². The first-order valence-electron chi connectivity index (χ1n) is 8.00. The van der Waals surface area contributed by atoms with Gasteiger partial charge in [-0.05, 0) is 71.9 Å². The Morgan fingerprint density at radius 1 is 1.29 bits per heavy atom. The molecule has 2 atom stereocenters. The molecule has 1 aromatic heterocycles. The second kappa shape index (κ2) is 9.42. The lowest BCUT2D eigenvalue weighted by atomic mass is 9.99. The van der Waals surface area contributed by atoms with E-state index in [1.807, 2.05) is 29.6 Å². The van der Waals surface area contributed by atoms with Gasteiger partial charge in [0.1, 0.15) is 0 Å². The Kier molecular flexibility index (Phi) is 7.56. The molecule has 0 spiro atoms. The molecule has 1 saturated heterocycles. The second-order valence-electron chi connectivity index (χ2n) is 6.01. The summed E-state index contributed by atoms with van der Waals surface area (Å²) < 4.78 is 0. The summed E-state index contributed by atoms with van der Waals surface area (Å²) >= 11 is 7.62. The molecule has 24 heavy (non-hydrogen) atoms. The summed E-state index contributed by atoms with van der Waals surface area (Å²) in [6, 6.07) is 9.65. The van der Waals surface area contributed by atoms with Crippen molar-refractivity contribution in [1.82, 2.24) is 10.6 Å². The zero-order chi connectivity index (χ0) is 16.1. The molecule has 2 heterocycles. The number of hydrogen-bond donors (Lipinski definition) is 2. The molecule has 130 valence electrons.